The van der Waals surface area contributed by atoms with Crippen molar-refractivity contribution in [3.63, 3.8) is 0 Å². The minimum absolute atomic E-state index is 0.0513. The standard InChI is InChI=1S/C20H27N3O4/c1-4-27-20(24)14-6-5-9-23(12-14)13-15-11-21-22-19(15)17-8-7-16(25-2)10-18(17)26-3/h7-8,10-11,14H,4-6,9,12-13H2,1-3H3,(H,21,22)/t14-/m1/s1. The second-order valence-corrected chi connectivity index (χ2v) is 6.66. The van der Waals surface area contributed by atoms with Crippen molar-refractivity contribution < 1.29 is 19.0 Å². The number of nitrogens with zero attached hydrogens (tertiary/aromatic N) is 2. The van der Waals surface area contributed by atoms with Gasteiger partial charge in [-0.2, -0.15) is 5.10 Å². The number of aromatic nitrogens is 2. The quantitative estimate of drug-likeness (QED) is 0.752. The number of hydrogen-bond acceptors (Lipinski definition) is 6. The van der Waals surface area contributed by atoms with E-state index in [1.165, 1.54) is 0 Å². The molecule has 146 valence electrons. The molecule has 1 aliphatic rings. The van der Waals surface area contributed by atoms with Crippen LogP contribution >= 0.6 is 0 Å². The number of aromatic amines is 1. The van der Waals surface area contributed by atoms with Crippen LogP contribution in [0.5, 0.6) is 11.5 Å². The lowest BCUT2D eigenvalue weighted by Gasteiger charge is -2.31. The van der Waals surface area contributed by atoms with E-state index in [1.807, 2.05) is 31.3 Å². The molecule has 1 aromatic heterocycles. The van der Waals surface area contributed by atoms with Crippen LogP contribution in [-0.4, -0.2) is 55.0 Å². The fourth-order valence-corrected chi connectivity index (χ4v) is 3.56. The first-order valence-electron chi connectivity index (χ1n) is 9.29. The lowest BCUT2D eigenvalue weighted by atomic mass is 9.97. The van der Waals surface area contributed by atoms with E-state index in [0.717, 1.165) is 54.3 Å². The first-order valence-corrected chi connectivity index (χ1v) is 9.29. The monoisotopic (exact) mass is 373 g/mol. The van der Waals surface area contributed by atoms with Crippen LogP contribution in [0.15, 0.2) is 24.4 Å². The highest BCUT2D eigenvalue weighted by atomic mass is 16.5. The molecule has 0 spiro atoms. The molecule has 0 unspecified atom stereocenters. The molecule has 0 bridgehead atoms. The normalized spacial score (nSPS) is 17.5. The number of rotatable bonds is 7. The summed E-state index contributed by atoms with van der Waals surface area (Å²) in [5.74, 6) is 1.32. The maximum atomic E-state index is 12.1. The van der Waals surface area contributed by atoms with E-state index in [1.54, 1.807) is 14.2 Å². The highest BCUT2D eigenvalue weighted by molar-refractivity contribution is 5.73. The highest BCUT2D eigenvalue weighted by Gasteiger charge is 2.27. The lowest BCUT2D eigenvalue weighted by molar-refractivity contribution is -0.150. The van der Waals surface area contributed by atoms with Crippen LogP contribution in [0.2, 0.25) is 0 Å². The zero-order valence-electron chi connectivity index (χ0n) is 16.2. The molecule has 1 N–H and O–H groups in total. The molecule has 1 atom stereocenters. The summed E-state index contributed by atoms with van der Waals surface area (Å²) in [6, 6.07) is 5.73. The Morgan fingerprint density at radius 3 is 2.93 bits per heavy atom. The van der Waals surface area contributed by atoms with E-state index in [2.05, 4.69) is 15.1 Å². The second-order valence-electron chi connectivity index (χ2n) is 6.66. The minimum atomic E-state index is -0.0913. The van der Waals surface area contributed by atoms with Gasteiger partial charge in [-0.3, -0.25) is 14.8 Å². The molecule has 1 fully saturated rings. The van der Waals surface area contributed by atoms with Crippen LogP contribution in [-0.2, 0) is 16.1 Å². The number of nitrogens with one attached hydrogen (secondary N) is 1. The summed E-state index contributed by atoms with van der Waals surface area (Å²) in [5, 5.41) is 7.32. The average molecular weight is 373 g/mol. The number of carbonyl (C=O) groups is 1. The fraction of sp³-hybridized carbons (Fsp3) is 0.500. The molecule has 7 heteroatoms. The Balaban J connectivity index is 1.77. The second kappa shape index (κ2) is 8.90. The molecular weight excluding hydrogens is 346 g/mol. The maximum absolute atomic E-state index is 12.1. The van der Waals surface area contributed by atoms with Crippen molar-refractivity contribution in [2.45, 2.75) is 26.3 Å². The summed E-state index contributed by atoms with van der Waals surface area (Å²) < 4.78 is 16.0. The van der Waals surface area contributed by atoms with Crippen molar-refractivity contribution in [2.24, 2.45) is 5.92 Å². The highest BCUT2D eigenvalue weighted by Crippen LogP contribution is 2.34. The van der Waals surface area contributed by atoms with Gasteiger partial charge in [0.1, 0.15) is 11.5 Å². The third-order valence-corrected chi connectivity index (χ3v) is 4.92. The van der Waals surface area contributed by atoms with Crippen LogP contribution in [0.4, 0.5) is 0 Å². The molecule has 0 amide bonds. The predicted molar refractivity (Wildman–Crippen MR) is 102 cm³/mol. The van der Waals surface area contributed by atoms with Gasteiger partial charge in [-0.05, 0) is 38.4 Å². The fourth-order valence-electron chi connectivity index (χ4n) is 3.56. The molecule has 2 heterocycles. The molecule has 1 aromatic carbocycles. The van der Waals surface area contributed by atoms with E-state index >= 15 is 0 Å². The summed E-state index contributed by atoms with van der Waals surface area (Å²) in [5.41, 5.74) is 2.93. The summed E-state index contributed by atoms with van der Waals surface area (Å²) in [4.78, 5) is 14.4. The number of methoxy groups -OCH3 is 2. The molecule has 7 nitrogen and oxygen atoms in total. The summed E-state index contributed by atoms with van der Waals surface area (Å²) in [6.07, 6.45) is 3.72. The first-order chi connectivity index (χ1) is 13.2. The largest absolute Gasteiger partial charge is 0.497 e. The first kappa shape index (κ1) is 19.2. The molecule has 27 heavy (non-hydrogen) atoms. The van der Waals surface area contributed by atoms with Crippen LogP contribution in [0, 0.1) is 5.92 Å². The summed E-state index contributed by atoms with van der Waals surface area (Å²) >= 11 is 0. The zero-order chi connectivity index (χ0) is 19.2. The van der Waals surface area contributed by atoms with Crippen LogP contribution in [0.1, 0.15) is 25.3 Å². The van der Waals surface area contributed by atoms with E-state index < -0.39 is 0 Å². The number of esters is 1. The van der Waals surface area contributed by atoms with Crippen molar-refractivity contribution in [3.8, 4) is 22.8 Å². The smallest absolute Gasteiger partial charge is 0.310 e. The number of piperidine rings is 1. The Morgan fingerprint density at radius 1 is 1.33 bits per heavy atom. The average Bonchev–Trinajstić information content (AvgIpc) is 3.15. The van der Waals surface area contributed by atoms with Gasteiger partial charge in [-0.15, -0.1) is 0 Å². The van der Waals surface area contributed by atoms with Gasteiger partial charge in [0.25, 0.3) is 0 Å². The van der Waals surface area contributed by atoms with Gasteiger partial charge in [0.2, 0.25) is 0 Å². The topological polar surface area (TPSA) is 76.7 Å². The minimum Gasteiger partial charge on any atom is -0.497 e. The third-order valence-electron chi connectivity index (χ3n) is 4.92. The molecule has 0 radical (unpaired) electrons. The van der Waals surface area contributed by atoms with Gasteiger partial charge in [-0.1, -0.05) is 0 Å². The zero-order valence-corrected chi connectivity index (χ0v) is 16.2. The maximum Gasteiger partial charge on any atom is 0.310 e. The Labute approximate surface area is 159 Å². The van der Waals surface area contributed by atoms with Crippen molar-refractivity contribution in [1.82, 2.24) is 15.1 Å². The van der Waals surface area contributed by atoms with Gasteiger partial charge in [-0.25, -0.2) is 0 Å². The van der Waals surface area contributed by atoms with E-state index in [9.17, 15) is 4.79 Å². The molecule has 0 aliphatic carbocycles. The molecule has 1 aliphatic heterocycles. The van der Waals surface area contributed by atoms with E-state index in [-0.39, 0.29) is 11.9 Å². The number of ether oxygens (including phenoxy) is 3. The van der Waals surface area contributed by atoms with Gasteiger partial charge in [0.15, 0.2) is 0 Å². The Hall–Kier alpha value is -2.54. The van der Waals surface area contributed by atoms with Crippen molar-refractivity contribution in [3.05, 3.63) is 30.0 Å². The van der Waals surface area contributed by atoms with E-state index in [0.29, 0.717) is 13.2 Å². The van der Waals surface area contributed by atoms with Gasteiger partial charge in [0, 0.05) is 30.3 Å². The Bertz CT molecular complexity index is 774. The van der Waals surface area contributed by atoms with Gasteiger partial charge >= 0.3 is 5.97 Å². The number of hydrogen-bond donors (Lipinski definition) is 1. The summed E-state index contributed by atoms with van der Waals surface area (Å²) in [7, 11) is 3.27. The summed E-state index contributed by atoms with van der Waals surface area (Å²) in [6.45, 7) is 4.66. The van der Waals surface area contributed by atoms with E-state index in [4.69, 9.17) is 14.2 Å². The van der Waals surface area contributed by atoms with Crippen molar-refractivity contribution in [1.29, 1.82) is 0 Å². The SMILES string of the molecule is CCOC(=O)[C@@H]1CCCN(Cc2cn[nH]c2-c2ccc(OC)cc2OC)C1. The molecule has 0 saturated carbocycles. The Morgan fingerprint density at radius 2 is 2.19 bits per heavy atom. The molecule has 1 saturated heterocycles. The predicted octanol–water partition coefficient (Wildman–Crippen LogP) is 2.87. The van der Waals surface area contributed by atoms with Crippen molar-refractivity contribution in [2.75, 3.05) is 33.9 Å². The Kier molecular flexibility index (Phi) is 6.34. The molecule has 2 aromatic rings. The van der Waals surface area contributed by atoms with Gasteiger partial charge < -0.3 is 14.2 Å². The van der Waals surface area contributed by atoms with Crippen LogP contribution in [0.3, 0.4) is 0 Å². The number of likely N-dealkylation sites (tertiary alicyclic amines) is 1. The number of benzene rings is 1. The van der Waals surface area contributed by atoms with Gasteiger partial charge in [0.05, 0.1) is 38.6 Å². The van der Waals surface area contributed by atoms with Crippen molar-refractivity contribution >= 4 is 5.97 Å². The lowest BCUT2D eigenvalue weighted by Crippen LogP contribution is -2.38. The van der Waals surface area contributed by atoms with Crippen LogP contribution < -0.4 is 9.47 Å². The molecule has 3 rings (SSSR count). The third kappa shape index (κ3) is 4.42. The number of carbonyl (C=O) groups excluding carboxylic acids is 1. The van der Waals surface area contributed by atoms with Crippen LogP contribution in [0.25, 0.3) is 11.3 Å². The molecular formula is C20H27N3O4. The number of H-pyrrole nitrogens is 1.